The Morgan fingerprint density at radius 2 is 2.28 bits per heavy atom. The number of hydrogen-bond donors (Lipinski definition) is 1. The van der Waals surface area contributed by atoms with Crippen LogP contribution in [0.15, 0.2) is 18.5 Å². The van der Waals surface area contributed by atoms with Gasteiger partial charge in [0.2, 0.25) is 0 Å². The van der Waals surface area contributed by atoms with E-state index in [9.17, 15) is 4.79 Å². The summed E-state index contributed by atoms with van der Waals surface area (Å²) in [6.07, 6.45) is 5.48. The van der Waals surface area contributed by atoms with Crippen molar-refractivity contribution in [1.82, 2.24) is 24.9 Å². The molecule has 2 aromatic rings. The van der Waals surface area contributed by atoms with Crippen molar-refractivity contribution in [2.24, 2.45) is 5.73 Å². The maximum atomic E-state index is 12.0. The molecule has 1 fully saturated rings. The molecule has 1 unspecified atom stereocenters. The van der Waals surface area contributed by atoms with Gasteiger partial charge in [-0.15, -0.1) is 5.10 Å². The molecule has 8 nitrogen and oxygen atoms in total. The van der Waals surface area contributed by atoms with E-state index in [-0.39, 0.29) is 11.9 Å². The highest BCUT2D eigenvalue weighted by molar-refractivity contribution is 6.33. The summed E-state index contributed by atoms with van der Waals surface area (Å²) in [5.74, 6) is 0.579. The van der Waals surface area contributed by atoms with Gasteiger partial charge in [-0.1, -0.05) is 16.8 Å². The fourth-order valence-electron chi connectivity index (χ4n) is 2.99. The Bertz CT molecular complexity index is 761. The molecule has 0 saturated carbocycles. The summed E-state index contributed by atoms with van der Waals surface area (Å²) in [6.45, 7) is 1.98. The molecule has 9 heteroatoms. The second-order valence-electron chi connectivity index (χ2n) is 6.37. The molecular weight excluding hydrogens is 342 g/mol. The molecule has 3 heterocycles. The van der Waals surface area contributed by atoms with Gasteiger partial charge in [0.15, 0.2) is 0 Å². The second-order valence-corrected chi connectivity index (χ2v) is 6.77. The molecule has 1 aliphatic heterocycles. The third-order valence-corrected chi connectivity index (χ3v) is 4.59. The van der Waals surface area contributed by atoms with Gasteiger partial charge in [-0.2, -0.15) is 0 Å². The van der Waals surface area contributed by atoms with Crippen LogP contribution in [0.3, 0.4) is 0 Å². The SMILES string of the molecule is CN(C)C(=O)c1cnc(N2CCCC(n3cc(CN)nn3)C2)c(Cl)c1. The molecule has 2 aromatic heterocycles. The summed E-state index contributed by atoms with van der Waals surface area (Å²) in [5, 5.41) is 8.71. The third kappa shape index (κ3) is 3.74. The normalized spacial score (nSPS) is 17.6. The van der Waals surface area contributed by atoms with Gasteiger partial charge in [-0.25, -0.2) is 9.67 Å². The van der Waals surface area contributed by atoms with Crippen LogP contribution in [-0.2, 0) is 6.54 Å². The lowest BCUT2D eigenvalue weighted by Crippen LogP contribution is -2.37. The van der Waals surface area contributed by atoms with Crippen molar-refractivity contribution in [2.75, 3.05) is 32.1 Å². The number of aromatic nitrogens is 4. The number of pyridine rings is 1. The van der Waals surface area contributed by atoms with Crippen molar-refractivity contribution < 1.29 is 4.79 Å². The monoisotopic (exact) mass is 363 g/mol. The number of carbonyl (C=O) groups excluding carboxylic acids is 1. The van der Waals surface area contributed by atoms with E-state index in [1.807, 2.05) is 10.9 Å². The first-order chi connectivity index (χ1) is 12.0. The standard InChI is InChI=1S/C16H22ClN7O/c1-22(2)16(25)11-6-14(17)15(19-8-11)23-5-3-4-13(10-23)24-9-12(7-18)20-21-24/h6,8-9,13H,3-5,7,10,18H2,1-2H3. The quantitative estimate of drug-likeness (QED) is 0.880. The van der Waals surface area contributed by atoms with Gasteiger partial charge in [-0.3, -0.25) is 4.79 Å². The van der Waals surface area contributed by atoms with E-state index in [0.717, 1.165) is 31.6 Å². The van der Waals surface area contributed by atoms with Gasteiger partial charge in [0.05, 0.1) is 28.5 Å². The fraction of sp³-hybridized carbons (Fsp3) is 0.500. The number of nitrogens with two attached hydrogens (primary N) is 1. The van der Waals surface area contributed by atoms with E-state index in [1.165, 1.54) is 4.90 Å². The minimum absolute atomic E-state index is 0.116. The molecule has 25 heavy (non-hydrogen) atoms. The molecule has 0 bridgehead atoms. The second kappa shape index (κ2) is 7.37. The maximum Gasteiger partial charge on any atom is 0.254 e. The molecule has 0 aliphatic carbocycles. The van der Waals surface area contributed by atoms with E-state index >= 15 is 0 Å². The Hall–Kier alpha value is -2.19. The summed E-state index contributed by atoms with van der Waals surface area (Å²) in [5.41, 5.74) is 6.87. The van der Waals surface area contributed by atoms with Gasteiger partial charge in [-0.05, 0) is 18.9 Å². The zero-order valence-electron chi connectivity index (χ0n) is 14.4. The van der Waals surface area contributed by atoms with Crippen LogP contribution in [-0.4, -0.2) is 58.0 Å². The highest BCUT2D eigenvalue weighted by Crippen LogP contribution is 2.30. The number of hydrogen-bond acceptors (Lipinski definition) is 6. The number of nitrogens with zero attached hydrogens (tertiary/aromatic N) is 6. The molecule has 1 amide bonds. The number of piperidine rings is 1. The van der Waals surface area contributed by atoms with Crippen LogP contribution in [0.1, 0.15) is 34.9 Å². The average Bonchev–Trinajstić information content (AvgIpc) is 3.10. The zero-order chi connectivity index (χ0) is 18.0. The van der Waals surface area contributed by atoms with Crippen LogP contribution in [0.2, 0.25) is 5.02 Å². The van der Waals surface area contributed by atoms with Crippen LogP contribution < -0.4 is 10.6 Å². The van der Waals surface area contributed by atoms with Gasteiger partial charge >= 0.3 is 0 Å². The topological polar surface area (TPSA) is 93.2 Å². The molecule has 0 aromatic carbocycles. The first-order valence-electron chi connectivity index (χ1n) is 8.22. The van der Waals surface area contributed by atoms with Crippen LogP contribution in [0.4, 0.5) is 5.82 Å². The van der Waals surface area contributed by atoms with Crippen molar-refractivity contribution in [3.63, 3.8) is 0 Å². The summed E-state index contributed by atoms with van der Waals surface area (Å²) in [4.78, 5) is 20.1. The lowest BCUT2D eigenvalue weighted by atomic mass is 10.1. The van der Waals surface area contributed by atoms with Crippen molar-refractivity contribution in [1.29, 1.82) is 0 Å². The van der Waals surface area contributed by atoms with Gasteiger partial charge < -0.3 is 15.5 Å². The van der Waals surface area contributed by atoms with Crippen LogP contribution in [0, 0.1) is 0 Å². The van der Waals surface area contributed by atoms with E-state index < -0.39 is 0 Å². The van der Waals surface area contributed by atoms with Gasteiger partial charge in [0.25, 0.3) is 5.91 Å². The molecule has 3 rings (SSSR count). The van der Waals surface area contributed by atoms with Crippen molar-refractivity contribution in [3.8, 4) is 0 Å². The summed E-state index contributed by atoms with van der Waals surface area (Å²) in [7, 11) is 3.40. The molecular formula is C16H22ClN7O. The summed E-state index contributed by atoms with van der Waals surface area (Å²) in [6, 6.07) is 1.88. The Balaban J connectivity index is 1.78. The van der Waals surface area contributed by atoms with E-state index in [1.54, 1.807) is 26.4 Å². The van der Waals surface area contributed by atoms with E-state index in [2.05, 4.69) is 20.2 Å². The Morgan fingerprint density at radius 3 is 2.92 bits per heavy atom. The third-order valence-electron chi connectivity index (χ3n) is 4.31. The molecule has 1 atom stereocenters. The maximum absolute atomic E-state index is 12.0. The lowest BCUT2D eigenvalue weighted by molar-refractivity contribution is 0.0827. The molecule has 0 spiro atoms. The number of rotatable bonds is 4. The number of carbonyl (C=O) groups is 1. The predicted octanol–water partition coefficient (Wildman–Crippen LogP) is 1.33. The Kier molecular flexibility index (Phi) is 5.19. The summed E-state index contributed by atoms with van der Waals surface area (Å²) >= 11 is 6.41. The number of halogens is 1. The molecule has 2 N–H and O–H groups in total. The zero-order valence-corrected chi connectivity index (χ0v) is 15.1. The number of amides is 1. The minimum atomic E-state index is -0.116. The molecule has 134 valence electrons. The van der Waals surface area contributed by atoms with Crippen LogP contribution in [0.5, 0.6) is 0 Å². The lowest BCUT2D eigenvalue weighted by Gasteiger charge is -2.33. The van der Waals surface area contributed by atoms with Crippen LogP contribution >= 0.6 is 11.6 Å². The van der Waals surface area contributed by atoms with Gasteiger partial charge in [0.1, 0.15) is 5.82 Å². The molecule has 1 aliphatic rings. The largest absolute Gasteiger partial charge is 0.353 e. The fourth-order valence-corrected chi connectivity index (χ4v) is 3.27. The first kappa shape index (κ1) is 17.6. The summed E-state index contributed by atoms with van der Waals surface area (Å²) < 4.78 is 1.87. The average molecular weight is 364 g/mol. The highest BCUT2D eigenvalue weighted by atomic mass is 35.5. The first-order valence-corrected chi connectivity index (χ1v) is 8.60. The highest BCUT2D eigenvalue weighted by Gasteiger charge is 2.25. The molecule has 1 saturated heterocycles. The van der Waals surface area contributed by atoms with Crippen LogP contribution in [0.25, 0.3) is 0 Å². The van der Waals surface area contributed by atoms with Crippen molar-refractivity contribution in [3.05, 3.63) is 34.7 Å². The Labute approximate surface area is 151 Å². The Morgan fingerprint density at radius 1 is 1.48 bits per heavy atom. The van der Waals surface area contributed by atoms with Gasteiger partial charge in [0, 0.05) is 39.9 Å². The number of anilines is 1. The van der Waals surface area contributed by atoms with Crippen molar-refractivity contribution >= 4 is 23.3 Å². The van der Waals surface area contributed by atoms with E-state index in [4.69, 9.17) is 17.3 Å². The predicted molar refractivity (Wildman–Crippen MR) is 95.7 cm³/mol. The minimum Gasteiger partial charge on any atom is -0.353 e. The van der Waals surface area contributed by atoms with E-state index in [0.29, 0.717) is 22.9 Å². The molecule has 0 radical (unpaired) electrons. The van der Waals surface area contributed by atoms with Crippen molar-refractivity contribution in [2.45, 2.75) is 25.4 Å². The smallest absolute Gasteiger partial charge is 0.254 e.